The van der Waals surface area contributed by atoms with Gasteiger partial charge in [-0.15, -0.1) is 11.3 Å². The normalized spacial score (nSPS) is 13.9. The van der Waals surface area contributed by atoms with E-state index in [1.807, 2.05) is 18.2 Å². The zero-order valence-corrected chi connectivity index (χ0v) is 13.5. The highest BCUT2D eigenvalue weighted by Gasteiger charge is 2.17. The minimum absolute atomic E-state index is 0.0466. The van der Waals surface area contributed by atoms with Gasteiger partial charge in [-0.2, -0.15) is 4.98 Å². The molecule has 0 spiro atoms. The van der Waals surface area contributed by atoms with Crippen molar-refractivity contribution in [2.75, 3.05) is 0 Å². The highest BCUT2D eigenvalue weighted by molar-refractivity contribution is 7.10. The van der Waals surface area contributed by atoms with Gasteiger partial charge in [0.15, 0.2) is 5.82 Å². The monoisotopic (exact) mass is 313 g/mol. The van der Waals surface area contributed by atoms with Crippen molar-refractivity contribution in [2.24, 2.45) is 0 Å². The maximum Gasteiger partial charge on any atom is 0.231 e. The molecule has 2 aromatic heterocycles. The van der Waals surface area contributed by atoms with E-state index in [0.29, 0.717) is 18.1 Å². The molecule has 3 rings (SSSR count). The van der Waals surface area contributed by atoms with E-state index in [1.54, 1.807) is 11.3 Å². The summed E-state index contributed by atoms with van der Waals surface area (Å²) in [7, 11) is 0. The SMILES string of the molecule is C[C@@H](N[C@H](C)c1cccs1)c1noc(Cc2ccccc2)n1. The van der Waals surface area contributed by atoms with Gasteiger partial charge in [-0.25, -0.2) is 0 Å². The highest BCUT2D eigenvalue weighted by Crippen LogP contribution is 2.21. The van der Waals surface area contributed by atoms with Crippen LogP contribution >= 0.6 is 11.3 Å². The van der Waals surface area contributed by atoms with Crippen LogP contribution in [0.25, 0.3) is 0 Å². The molecule has 0 aliphatic rings. The van der Waals surface area contributed by atoms with Crippen LogP contribution < -0.4 is 5.32 Å². The Morgan fingerprint density at radius 2 is 1.91 bits per heavy atom. The van der Waals surface area contributed by atoms with E-state index < -0.39 is 0 Å². The first-order valence-electron chi connectivity index (χ1n) is 7.38. The van der Waals surface area contributed by atoms with Crippen molar-refractivity contribution >= 4 is 11.3 Å². The lowest BCUT2D eigenvalue weighted by Gasteiger charge is -2.16. The summed E-state index contributed by atoms with van der Waals surface area (Å²) in [6.45, 7) is 4.20. The van der Waals surface area contributed by atoms with E-state index in [0.717, 1.165) is 0 Å². The fourth-order valence-electron chi connectivity index (χ4n) is 2.36. The molecule has 0 amide bonds. The lowest BCUT2D eigenvalue weighted by atomic mass is 10.1. The van der Waals surface area contributed by atoms with Gasteiger partial charge in [0.2, 0.25) is 5.89 Å². The van der Waals surface area contributed by atoms with E-state index in [-0.39, 0.29) is 12.1 Å². The summed E-state index contributed by atoms with van der Waals surface area (Å²) < 4.78 is 5.36. The maximum absolute atomic E-state index is 5.36. The summed E-state index contributed by atoms with van der Waals surface area (Å²) in [4.78, 5) is 5.81. The van der Waals surface area contributed by atoms with Crippen LogP contribution in [-0.4, -0.2) is 10.1 Å². The number of nitrogens with one attached hydrogen (secondary N) is 1. The number of hydrogen-bond donors (Lipinski definition) is 1. The number of rotatable bonds is 6. The minimum atomic E-state index is 0.0466. The molecule has 0 aliphatic carbocycles. The summed E-state index contributed by atoms with van der Waals surface area (Å²) in [5.41, 5.74) is 1.17. The Labute approximate surface area is 134 Å². The van der Waals surface area contributed by atoms with E-state index in [1.165, 1.54) is 10.4 Å². The van der Waals surface area contributed by atoms with Crippen molar-refractivity contribution in [3.05, 3.63) is 70.0 Å². The number of benzene rings is 1. The second-order valence-corrected chi connectivity index (χ2v) is 6.31. The van der Waals surface area contributed by atoms with Crippen LogP contribution in [0.1, 0.15) is 48.1 Å². The van der Waals surface area contributed by atoms with Crippen molar-refractivity contribution in [2.45, 2.75) is 32.4 Å². The van der Waals surface area contributed by atoms with Crippen LogP contribution in [0, 0.1) is 0 Å². The van der Waals surface area contributed by atoms with Crippen LogP contribution in [0.3, 0.4) is 0 Å². The maximum atomic E-state index is 5.36. The predicted molar refractivity (Wildman–Crippen MR) is 87.8 cm³/mol. The summed E-state index contributed by atoms with van der Waals surface area (Å²) in [5, 5.41) is 9.69. The number of thiophene rings is 1. The third-order valence-electron chi connectivity index (χ3n) is 3.54. The first-order chi connectivity index (χ1) is 10.7. The molecular formula is C17H19N3OS. The van der Waals surface area contributed by atoms with Crippen molar-refractivity contribution < 1.29 is 4.52 Å². The predicted octanol–water partition coefficient (Wildman–Crippen LogP) is 4.13. The van der Waals surface area contributed by atoms with Gasteiger partial charge in [0.25, 0.3) is 0 Å². The molecule has 5 heteroatoms. The van der Waals surface area contributed by atoms with Gasteiger partial charge < -0.3 is 4.52 Å². The van der Waals surface area contributed by atoms with Gasteiger partial charge >= 0.3 is 0 Å². The zero-order chi connectivity index (χ0) is 15.4. The molecule has 2 atom stereocenters. The minimum Gasteiger partial charge on any atom is -0.339 e. The third kappa shape index (κ3) is 3.61. The van der Waals surface area contributed by atoms with E-state index in [9.17, 15) is 0 Å². The Bertz CT molecular complexity index is 694. The van der Waals surface area contributed by atoms with E-state index in [4.69, 9.17) is 4.52 Å². The summed E-state index contributed by atoms with van der Waals surface area (Å²) in [6.07, 6.45) is 0.668. The first kappa shape index (κ1) is 14.9. The molecule has 1 N–H and O–H groups in total. The van der Waals surface area contributed by atoms with Crippen molar-refractivity contribution in [3.8, 4) is 0 Å². The summed E-state index contributed by atoms with van der Waals surface area (Å²) in [5.74, 6) is 1.35. The molecule has 4 nitrogen and oxygen atoms in total. The van der Waals surface area contributed by atoms with Gasteiger partial charge in [-0.05, 0) is 30.9 Å². The van der Waals surface area contributed by atoms with Crippen molar-refractivity contribution in [3.63, 3.8) is 0 Å². The van der Waals surface area contributed by atoms with Crippen molar-refractivity contribution in [1.29, 1.82) is 0 Å². The standard InChI is InChI=1S/C17H19N3OS/c1-12(15-9-6-10-22-15)18-13(2)17-19-16(21-20-17)11-14-7-4-3-5-8-14/h3-10,12-13,18H,11H2,1-2H3/t12-,13-/m1/s1. The molecule has 2 heterocycles. The highest BCUT2D eigenvalue weighted by atomic mass is 32.1. The Morgan fingerprint density at radius 3 is 2.64 bits per heavy atom. The smallest absolute Gasteiger partial charge is 0.231 e. The molecule has 0 bridgehead atoms. The largest absolute Gasteiger partial charge is 0.339 e. The Morgan fingerprint density at radius 1 is 1.09 bits per heavy atom. The fraction of sp³-hybridized carbons (Fsp3) is 0.294. The molecular weight excluding hydrogens is 294 g/mol. The van der Waals surface area contributed by atoms with Crippen LogP contribution in [0.5, 0.6) is 0 Å². The molecule has 0 fully saturated rings. The lowest BCUT2D eigenvalue weighted by molar-refractivity contribution is 0.369. The quantitative estimate of drug-likeness (QED) is 0.743. The van der Waals surface area contributed by atoms with Gasteiger partial charge in [0.05, 0.1) is 12.5 Å². The van der Waals surface area contributed by atoms with Crippen LogP contribution in [-0.2, 0) is 6.42 Å². The molecule has 114 valence electrons. The van der Waals surface area contributed by atoms with Crippen LogP contribution in [0.2, 0.25) is 0 Å². The lowest BCUT2D eigenvalue weighted by Crippen LogP contribution is -2.22. The van der Waals surface area contributed by atoms with Gasteiger partial charge in [-0.3, -0.25) is 5.32 Å². The second kappa shape index (κ2) is 6.85. The molecule has 0 saturated carbocycles. The molecule has 3 aromatic rings. The average Bonchev–Trinajstić information content (AvgIpc) is 3.19. The Hall–Kier alpha value is -1.98. The zero-order valence-electron chi connectivity index (χ0n) is 12.7. The van der Waals surface area contributed by atoms with Crippen LogP contribution in [0.4, 0.5) is 0 Å². The number of hydrogen-bond acceptors (Lipinski definition) is 5. The summed E-state index contributed by atoms with van der Waals surface area (Å²) >= 11 is 1.75. The second-order valence-electron chi connectivity index (χ2n) is 5.33. The van der Waals surface area contributed by atoms with Crippen LogP contribution in [0.15, 0.2) is 52.4 Å². The molecule has 0 unspecified atom stereocenters. The average molecular weight is 313 g/mol. The van der Waals surface area contributed by atoms with Gasteiger partial charge in [-0.1, -0.05) is 41.6 Å². The number of nitrogens with zero attached hydrogens (tertiary/aromatic N) is 2. The fourth-order valence-corrected chi connectivity index (χ4v) is 3.10. The van der Waals surface area contributed by atoms with Gasteiger partial charge in [0, 0.05) is 10.9 Å². The summed E-state index contributed by atoms with van der Waals surface area (Å²) in [6, 6.07) is 14.7. The van der Waals surface area contributed by atoms with Crippen molar-refractivity contribution in [1.82, 2.24) is 15.5 Å². The Balaban J connectivity index is 1.63. The topological polar surface area (TPSA) is 51.0 Å². The number of aromatic nitrogens is 2. The first-order valence-corrected chi connectivity index (χ1v) is 8.26. The van der Waals surface area contributed by atoms with E-state index >= 15 is 0 Å². The Kier molecular flexibility index (Phi) is 4.65. The molecule has 0 radical (unpaired) electrons. The third-order valence-corrected chi connectivity index (χ3v) is 4.59. The molecule has 0 aliphatic heterocycles. The van der Waals surface area contributed by atoms with Gasteiger partial charge in [0.1, 0.15) is 0 Å². The molecule has 1 aromatic carbocycles. The van der Waals surface area contributed by atoms with E-state index in [2.05, 4.69) is 59.0 Å². The molecule has 22 heavy (non-hydrogen) atoms. The molecule has 0 saturated heterocycles.